The molecule has 0 aliphatic carbocycles. The summed E-state index contributed by atoms with van der Waals surface area (Å²) in [5, 5.41) is 18.0. The van der Waals surface area contributed by atoms with E-state index in [0.717, 1.165) is 13.0 Å². The standard InChI is InChI=1S/C26H22F2N4O2S/c1-34-23-6-5-18(14-22(23)28)25-20(17-3-4-19(16-30)21(27)13-17)15-24(35-25)26(33)32-9-2-8-31(10-7-29)11-12-32/h3-6,13-15H,2,8-12H2,1H3. The second-order valence-electron chi connectivity index (χ2n) is 8.09. The molecule has 1 aromatic heterocycles. The zero-order valence-electron chi connectivity index (χ0n) is 19.1. The fraction of sp³-hybridized carbons (Fsp3) is 0.269. The molecule has 0 N–H and O–H groups in total. The minimum absolute atomic E-state index is 0.0798. The molecule has 0 spiro atoms. The molecular weight excluding hydrogens is 470 g/mol. The van der Waals surface area contributed by atoms with Gasteiger partial charge in [-0.25, -0.2) is 8.78 Å². The van der Waals surface area contributed by atoms with Gasteiger partial charge in [-0.3, -0.25) is 9.69 Å². The van der Waals surface area contributed by atoms with Gasteiger partial charge in [0.1, 0.15) is 11.9 Å². The van der Waals surface area contributed by atoms with Crippen molar-refractivity contribution in [1.82, 2.24) is 9.80 Å². The normalized spacial score (nSPS) is 14.1. The third-order valence-electron chi connectivity index (χ3n) is 5.93. The number of carbonyl (C=O) groups is 1. The van der Waals surface area contributed by atoms with E-state index in [0.29, 0.717) is 52.6 Å². The van der Waals surface area contributed by atoms with Crippen molar-refractivity contribution in [3.63, 3.8) is 0 Å². The van der Waals surface area contributed by atoms with Crippen molar-refractivity contribution in [2.24, 2.45) is 0 Å². The summed E-state index contributed by atoms with van der Waals surface area (Å²) in [6.07, 6.45) is 0.753. The van der Waals surface area contributed by atoms with E-state index in [4.69, 9.17) is 15.3 Å². The Balaban J connectivity index is 1.74. The highest BCUT2D eigenvalue weighted by Crippen LogP contribution is 2.41. The molecule has 3 aromatic rings. The van der Waals surface area contributed by atoms with Crippen LogP contribution in [0.3, 0.4) is 0 Å². The third-order valence-corrected chi connectivity index (χ3v) is 7.10. The Morgan fingerprint density at radius 2 is 1.80 bits per heavy atom. The molecule has 1 saturated heterocycles. The van der Waals surface area contributed by atoms with Gasteiger partial charge in [0, 0.05) is 36.6 Å². The molecule has 9 heteroatoms. The summed E-state index contributed by atoms with van der Waals surface area (Å²) < 4.78 is 34.0. The van der Waals surface area contributed by atoms with Crippen molar-refractivity contribution >= 4 is 17.2 Å². The first-order valence-electron chi connectivity index (χ1n) is 11.0. The first kappa shape index (κ1) is 24.3. The molecule has 2 heterocycles. The predicted octanol–water partition coefficient (Wildman–Crippen LogP) is 4.91. The van der Waals surface area contributed by atoms with Crippen LogP contribution in [0.25, 0.3) is 21.6 Å². The van der Waals surface area contributed by atoms with Gasteiger partial charge in [0.15, 0.2) is 11.6 Å². The Morgan fingerprint density at radius 1 is 1.03 bits per heavy atom. The van der Waals surface area contributed by atoms with E-state index in [-0.39, 0.29) is 17.2 Å². The van der Waals surface area contributed by atoms with Crippen LogP contribution in [0.2, 0.25) is 0 Å². The van der Waals surface area contributed by atoms with Crippen LogP contribution < -0.4 is 4.74 Å². The number of thiophene rings is 1. The maximum absolute atomic E-state index is 14.5. The van der Waals surface area contributed by atoms with Crippen LogP contribution in [0.4, 0.5) is 8.78 Å². The molecule has 1 aliphatic heterocycles. The molecule has 0 bridgehead atoms. The second kappa shape index (κ2) is 10.6. The van der Waals surface area contributed by atoms with Crippen molar-refractivity contribution in [2.75, 3.05) is 39.8 Å². The van der Waals surface area contributed by atoms with Gasteiger partial charge in [-0.15, -0.1) is 11.3 Å². The van der Waals surface area contributed by atoms with E-state index in [2.05, 4.69) is 6.07 Å². The molecule has 1 amide bonds. The van der Waals surface area contributed by atoms with Gasteiger partial charge in [-0.05, 0) is 53.9 Å². The summed E-state index contributed by atoms with van der Waals surface area (Å²) in [6, 6.07) is 14.4. The molecule has 1 fully saturated rings. The smallest absolute Gasteiger partial charge is 0.264 e. The second-order valence-corrected chi connectivity index (χ2v) is 9.14. The third kappa shape index (κ3) is 5.17. The first-order chi connectivity index (χ1) is 16.9. The van der Waals surface area contributed by atoms with Crippen LogP contribution in [0.1, 0.15) is 21.7 Å². The minimum Gasteiger partial charge on any atom is -0.494 e. The average molecular weight is 493 g/mol. The minimum atomic E-state index is -0.666. The van der Waals surface area contributed by atoms with E-state index in [1.807, 2.05) is 4.90 Å². The number of methoxy groups -OCH3 is 1. The van der Waals surface area contributed by atoms with E-state index in [9.17, 15) is 13.6 Å². The Morgan fingerprint density at radius 3 is 2.49 bits per heavy atom. The fourth-order valence-corrected chi connectivity index (χ4v) is 5.24. The zero-order chi connectivity index (χ0) is 24.9. The van der Waals surface area contributed by atoms with Crippen LogP contribution in [0.5, 0.6) is 5.75 Å². The van der Waals surface area contributed by atoms with Crippen molar-refractivity contribution < 1.29 is 18.3 Å². The van der Waals surface area contributed by atoms with Crippen molar-refractivity contribution in [2.45, 2.75) is 6.42 Å². The van der Waals surface area contributed by atoms with Crippen LogP contribution >= 0.6 is 11.3 Å². The van der Waals surface area contributed by atoms with Gasteiger partial charge in [0.25, 0.3) is 5.91 Å². The molecule has 6 nitrogen and oxygen atoms in total. The van der Waals surface area contributed by atoms with Gasteiger partial charge in [0.2, 0.25) is 0 Å². The lowest BCUT2D eigenvalue weighted by molar-refractivity contribution is 0.0767. The van der Waals surface area contributed by atoms with E-state index in [1.54, 1.807) is 29.2 Å². The van der Waals surface area contributed by atoms with Crippen LogP contribution in [-0.2, 0) is 0 Å². The number of carbonyl (C=O) groups excluding carboxylic acids is 1. The Kier molecular flexibility index (Phi) is 7.40. The maximum atomic E-state index is 14.5. The Labute approximate surface area is 206 Å². The van der Waals surface area contributed by atoms with Crippen LogP contribution in [0, 0.1) is 34.3 Å². The molecule has 0 atom stereocenters. The molecule has 2 aromatic carbocycles. The molecule has 0 radical (unpaired) electrons. The fourth-order valence-electron chi connectivity index (χ4n) is 4.09. The number of amides is 1. The maximum Gasteiger partial charge on any atom is 0.264 e. The van der Waals surface area contributed by atoms with Gasteiger partial charge in [0.05, 0.1) is 30.2 Å². The molecule has 0 saturated carbocycles. The molecule has 0 unspecified atom stereocenters. The average Bonchev–Trinajstić information content (AvgIpc) is 3.17. The number of rotatable bonds is 5. The largest absolute Gasteiger partial charge is 0.494 e. The summed E-state index contributed by atoms with van der Waals surface area (Å²) in [4.78, 5) is 18.2. The summed E-state index contributed by atoms with van der Waals surface area (Å²) in [5.74, 6) is -1.28. The summed E-state index contributed by atoms with van der Waals surface area (Å²) in [7, 11) is 1.38. The number of ether oxygens (including phenoxy) is 1. The van der Waals surface area contributed by atoms with Gasteiger partial charge < -0.3 is 9.64 Å². The predicted molar refractivity (Wildman–Crippen MR) is 129 cm³/mol. The summed E-state index contributed by atoms with van der Waals surface area (Å²) >= 11 is 1.21. The van der Waals surface area contributed by atoms with E-state index >= 15 is 0 Å². The summed E-state index contributed by atoms with van der Waals surface area (Å²) in [5.41, 5.74) is 1.51. The molecule has 4 rings (SSSR count). The van der Waals surface area contributed by atoms with E-state index in [1.165, 1.54) is 42.7 Å². The van der Waals surface area contributed by atoms with Crippen molar-refractivity contribution in [1.29, 1.82) is 10.5 Å². The van der Waals surface area contributed by atoms with Gasteiger partial charge in [-0.2, -0.15) is 10.5 Å². The molecular formula is C26H22F2N4O2S. The van der Waals surface area contributed by atoms with E-state index < -0.39 is 11.6 Å². The SMILES string of the molecule is COc1ccc(-c2sc(C(=O)N3CCCN(CC#N)CC3)cc2-c2ccc(C#N)c(F)c2)cc1F. The van der Waals surface area contributed by atoms with Crippen molar-refractivity contribution in [3.05, 3.63) is 64.5 Å². The topological polar surface area (TPSA) is 80.4 Å². The molecule has 35 heavy (non-hydrogen) atoms. The zero-order valence-corrected chi connectivity index (χ0v) is 19.9. The Bertz CT molecular complexity index is 1340. The molecule has 1 aliphatic rings. The van der Waals surface area contributed by atoms with Crippen LogP contribution in [0.15, 0.2) is 42.5 Å². The lowest BCUT2D eigenvalue weighted by Crippen LogP contribution is -2.34. The quantitative estimate of drug-likeness (QED) is 0.473. The lowest BCUT2D eigenvalue weighted by Gasteiger charge is -2.20. The summed E-state index contributed by atoms with van der Waals surface area (Å²) in [6.45, 7) is 2.73. The first-order valence-corrected chi connectivity index (χ1v) is 11.8. The lowest BCUT2D eigenvalue weighted by atomic mass is 10.0. The van der Waals surface area contributed by atoms with Crippen molar-refractivity contribution in [3.8, 4) is 39.5 Å². The highest BCUT2D eigenvalue weighted by atomic mass is 32.1. The van der Waals surface area contributed by atoms with Crippen LogP contribution in [-0.4, -0.2) is 55.5 Å². The number of halogens is 2. The number of benzene rings is 2. The molecule has 178 valence electrons. The van der Waals surface area contributed by atoms with Gasteiger partial charge in [-0.1, -0.05) is 6.07 Å². The number of hydrogen-bond donors (Lipinski definition) is 0. The van der Waals surface area contributed by atoms with Gasteiger partial charge >= 0.3 is 0 Å². The number of nitrogens with zero attached hydrogens (tertiary/aromatic N) is 4. The Hall–Kier alpha value is -3.79. The highest BCUT2D eigenvalue weighted by Gasteiger charge is 2.24. The highest BCUT2D eigenvalue weighted by molar-refractivity contribution is 7.18. The number of nitriles is 2. The monoisotopic (exact) mass is 492 g/mol. The number of hydrogen-bond acceptors (Lipinski definition) is 6.